The summed E-state index contributed by atoms with van der Waals surface area (Å²) in [4.78, 5) is 16.7. The molecule has 0 aliphatic heterocycles. The highest BCUT2D eigenvalue weighted by Gasteiger charge is 2.19. The fourth-order valence-electron chi connectivity index (χ4n) is 1.83. The van der Waals surface area contributed by atoms with Gasteiger partial charge in [0.2, 0.25) is 0 Å². The van der Waals surface area contributed by atoms with Crippen LogP contribution >= 0.6 is 23.2 Å². The van der Waals surface area contributed by atoms with Crippen molar-refractivity contribution in [1.82, 2.24) is 0 Å². The van der Waals surface area contributed by atoms with Gasteiger partial charge in [0.1, 0.15) is 0 Å². The van der Waals surface area contributed by atoms with Crippen LogP contribution in [0, 0.1) is 0 Å². The first-order valence-electron chi connectivity index (χ1n) is 5.85. The van der Waals surface area contributed by atoms with E-state index in [1.807, 2.05) is 0 Å². The number of halogens is 2. The molecular formula is C13H13Cl2NO2. The summed E-state index contributed by atoms with van der Waals surface area (Å²) in [7, 11) is 0. The summed E-state index contributed by atoms with van der Waals surface area (Å²) in [5.74, 6) is -0.553. The van der Waals surface area contributed by atoms with Crippen LogP contribution < -0.4 is 0 Å². The van der Waals surface area contributed by atoms with Gasteiger partial charge in [0.15, 0.2) is 0 Å². The largest absolute Gasteiger partial charge is 0.367 e. The highest BCUT2D eigenvalue weighted by molar-refractivity contribution is 6.33. The Morgan fingerprint density at radius 2 is 2.11 bits per heavy atom. The van der Waals surface area contributed by atoms with Gasteiger partial charge in [-0.3, -0.25) is 0 Å². The third-order valence-corrected chi connectivity index (χ3v) is 3.64. The van der Waals surface area contributed by atoms with Gasteiger partial charge < -0.3 is 4.84 Å². The Balaban J connectivity index is 2.04. The fourth-order valence-corrected chi connectivity index (χ4v) is 2.35. The predicted molar refractivity (Wildman–Crippen MR) is 72.4 cm³/mol. The highest BCUT2D eigenvalue weighted by Crippen LogP contribution is 2.21. The van der Waals surface area contributed by atoms with Gasteiger partial charge in [0, 0.05) is 0 Å². The van der Waals surface area contributed by atoms with Crippen molar-refractivity contribution >= 4 is 34.9 Å². The molecule has 1 aromatic rings. The Morgan fingerprint density at radius 3 is 2.83 bits per heavy atom. The normalized spacial score (nSPS) is 21.9. The summed E-state index contributed by atoms with van der Waals surface area (Å²) in [6, 6.07) is 6.71. The van der Waals surface area contributed by atoms with E-state index >= 15 is 0 Å². The quantitative estimate of drug-likeness (QED) is 0.467. The SMILES string of the molecule is O=C(ON=C1CCCCC1Cl)c1ccccc1Cl. The number of carbonyl (C=O) groups is 1. The number of benzene rings is 1. The summed E-state index contributed by atoms with van der Waals surface area (Å²) in [5, 5.41) is 4.09. The monoisotopic (exact) mass is 285 g/mol. The minimum absolute atomic E-state index is 0.127. The van der Waals surface area contributed by atoms with Gasteiger partial charge in [-0.25, -0.2) is 4.79 Å². The zero-order chi connectivity index (χ0) is 13.0. The highest BCUT2D eigenvalue weighted by atomic mass is 35.5. The van der Waals surface area contributed by atoms with Gasteiger partial charge in [-0.15, -0.1) is 11.6 Å². The van der Waals surface area contributed by atoms with E-state index in [-0.39, 0.29) is 5.38 Å². The Labute approximate surface area is 116 Å². The summed E-state index contributed by atoms with van der Waals surface area (Å²) >= 11 is 12.0. The first-order valence-corrected chi connectivity index (χ1v) is 6.66. The Bertz CT molecular complexity index is 474. The molecule has 0 amide bonds. The molecule has 0 aromatic heterocycles. The molecule has 1 aromatic carbocycles. The van der Waals surface area contributed by atoms with Crippen LogP contribution in [0.15, 0.2) is 29.4 Å². The molecule has 18 heavy (non-hydrogen) atoms. The number of nitrogens with zero attached hydrogens (tertiary/aromatic N) is 1. The summed E-state index contributed by atoms with van der Waals surface area (Å²) < 4.78 is 0. The van der Waals surface area contributed by atoms with Gasteiger partial charge in [0.25, 0.3) is 0 Å². The first-order chi connectivity index (χ1) is 8.68. The van der Waals surface area contributed by atoms with Gasteiger partial charge >= 0.3 is 5.97 Å². The van der Waals surface area contributed by atoms with Crippen molar-refractivity contribution in [3.8, 4) is 0 Å². The van der Waals surface area contributed by atoms with Gasteiger partial charge in [-0.1, -0.05) is 35.3 Å². The molecule has 0 spiro atoms. The molecule has 1 unspecified atom stereocenters. The molecule has 3 nitrogen and oxygen atoms in total. The average Bonchev–Trinajstić information content (AvgIpc) is 2.38. The molecule has 0 bridgehead atoms. The second-order valence-corrected chi connectivity index (χ2v) is 5.09. The molecule has 2 rings (SSSR count). The second-order valence-electron chi connectivity index (χ2n) is 4.15. The van der Waals surface area contributed by atoms with Crippen molar-refractivity contribution < 1.29 is 9.63 Å². The van der Waals surface area contributed by atoms with Crippen LogP contribution in [0.4, 0.5) is 0 Å². The Kier molecular flexibility index (Phi) is 4.61. The van der Waals surface area contributed by atoms with Crippen molar-refractivity contribution in [2.24, 2.45) is 5.16 Å². The first kappa shape index (κ1) is 13.4. The van der Waals surface area contributed by atoms with Crippen molar-refractivity contribution in [2.45, 2.75) is 31.1 Å². The lowest BCUT2D eigenvalue weighted by atomic mass is 9.98. The van der Waals surface area contributed by atoms with E-state index in [0.717, 1.165) is 31.4 Å². The van der Waals surface area contributed by atoms with Crippen LogP contribution in [0.1, 0.15) is 36.0 Å². The minimum atomic E-state index is -0.553. The molecule has 0 saturated heterocycles. The average molecular weight is 286 g/mol. The predicted octanol–water partition coefficient (Wildman–Crippen LogP) is 4.03. The molecule has 1 aliphatic carbocycles. The second kappa shape index (κ2) is 6.21. The molecule has 0 N–H and O–H groups in total. The van der Waals surface area contributed by atoms with Crippen LogP contribution in [0.2, 0.25) is 5.02 Å². The maximum Gasteiger partial charge on any atom is 0.367 e. The molecular weight excluding hydrogens is 273 g/mol. The van der Waals surface area contributed by atoms with Crippen LogP contribution in [0.25, 0.3) is 0 Å². The number of carbonyl (C=O) groups excluding carboxylic acids is 1. The van der Waals surface area contributed by atoms with E-state index in [2.05, 4.69) is 5.16 Å². The number of rotatable bonds is 2. The van der Waals surface area contributed by atoms with Crippen molar-refractivity contribution in [1.29, 1.82) is 0 Å². The third kappa shape index (κ3) is 3.24. The molecule has 0 radical (unpaired) electrons. The van der Waals surface area contributed by atoms with Crippen molar-refractivity contribution in [2.75, 3.05) is 0 Å². The van der Waals surface area contributed by atoms with Crippen LogP contribution in [0.3, 0.4) is 0 Å². The van der Waals surface area contributed by atoms with Crippen molar-refractivity contribution in [3.05, 3.63) is 34.9 Å². The fraction of sp³-hybridized carbons (Fsp3) is 0.385. The van der Waals surface area contributed by atoms with Gasteiger partial charge in [-0.05, 0) is 31.4 Å². The summed E-state index contributed by atoms with van der Waals surface area (Å²) in [6.07, 6.45) is 3.78. The van der Waals surface area contributed by atoms with E-state index < -0.39 is 5.97 Å². The lowest BCUT2D eigenvalue weighted by molar-refractivity contribution is 0.0514. The maximum absolute atomic E-state index is 11.8. The summed E-state index contributed by atoms with van der Waals surface area (Å²) in [5.41, 5.74) is 1.05. The Morgan fingerprint density at radius 1 is 1.33 bits per heavy atom. The molecule has 0 heterocycles. The molecule has 96 valence electrons. The molecule has 1 saturated carbocycles. The number of hydrogen-bond donors (Lipinski definition) is 0. The molecule has 5 heteroatoms. The zero-order valence-corrected chi connectivity index (χ0v) is 11.2. The summed E-state index contributed by atoms with van der Waals surface area (Å²) in [6.45, 7) is 0. The lowest BCUT2D eigenvalue weighted by Crippen LogP contribution is -2.20. The lowest BCUT2D eigenvalue weighted by Gasteiger charge is -2.17. The van der Waals surface area contributed by atoms with Crippen LogP contribution in [-0.2, 0) is 4.84 Å². The van der Waals surface area contributed by atoms with Crippen molar-refractivity contribution in [3.63, 3.8) is 0 Å². The topological polar surface area (TPSA) is 38.7 Å². The third-order valence-electron chi connectivity index (χ3n) is 2.84. The van der Waals surface area contributed by atoms with E-state index in [4.69, 9.17) is 28.0 Å². The molecule has 1 atom stereocenters. The van der Waals surface area contributed by atoms with E-state index in [0.29, 0.717) is 10.6 Å². The maximum atomic E-state index is 11.8. The van der Waals surface area contributed by atoms with E-state index in [1.54, 1.807) is 24.3 Å². The minimum Gasteiger partial charge on any atom is -0.313 e. The number of alkyl halides is 1. The van der Waals surface area contributed by atoms with E-state index in [1.165, 1.54) is 0 Å². The molecule has 1 fully saturated rings. The molecule has 1 aliphatic rings. The van der Waals surface area contributed by atoms with Crippen LogP contribution in [-0.4, -0.2) is 17.1 Å². The van der Waals surface area contributed by atoms with Gasteiger partial charge in [0.05, 0.1) is 21.7 Å². The Hall–Kier alpha value is -1.06. The van der Waals surface area contributed by atoms with Gasteiger partial charge in [-0.2, -0.15) is 0 Å². The number of hydrogen-bond acceptors (Lipinski definition) is 3. The van der Waals surface area contributed by atoms with E-state index in [9.17, 15) is 4.79 Å². The standard InChI is InChI=1S/C13H13Cl2NO2/c14-10-6-2-1-5-9(10)13(17)18-16-12-8-4-3-7-11(12)15/h1-2,5-6,11H,3-4,7-8H2. The zero-order valence-electron chi connectivity index (χ0n) is 9.73. The number of oxime groups is 1. The van der Waals surface area contributed by atoms with Crippen LogP contribution in [0.5, 0.6) is 0 Å². The smallest absolute Gasteiger partial charge is 0.313 e.